The van der Waals surface area contributed by atoms with Gasteiger partial charge in [0.1, 0.15) is 5.75 Å². The lowest BCUT2D eigenvalue weighted by Gasteiger charge is -2.08. The predicted octanol–water partition coefficient (Wildman–Crippen LogP) is 5.70. The molecule has 0 atom stereocenters. The minimum atomic E-state index is 0.541. The van der Waals surface area contributed by atoms with Gasteiger partial charge >= 0.3 is 0 Å². The van der Waals surface area contributed by atoms with Crippen LogP contribution in [0.25, 0.3) is 12.2 Å². The summed E-state index contributed by atoms with van der Waals surface area (Å²) in [6, 6.07) is 21.2. The van der Waals surface area contributed by atoms with Gasteiger partial charge in [-0.3, -0.25) is 0 Å². The van der Waals surface area contributed by atoms with E-state index in [2.05, 4.69) is 4.98 Å². The van der Waals surface area contributed by atoms with Crippen LogP contribution in [0.4, 0.5) is 0 Å². The Kier molecular flexibility index (Phi) is 4.52. The van der Waals surface area contributed by atoms with Crippen molar-refractivity contribution in [3.8, 4) is 11.6 Å². The summed E-state index contributed by atoms with van der Waals surface area (Å²) in [6.45, 7) is 0. The third-order valence-electron chi connectivity index (χ3n) is 3.08. The summed E-state index contributed by atoms with van der Waals surface area (Å²) in [5.74, 6) is 1.22. The summed E-state index contributed by atoms with van der Waals surface area (Å²) in [6.07, 6.45) is 5.73. The molecule has 0 saturated carbocycles. The van der Waals surface area contributed by atoms with E-state index in [1.807, 2.05) is 72.8 Å². The van der Waals surface area contributed by atoms with Gasteiger partial charge in [0.05, 0.1) is 0 Å². The molecule has 0 amide bonds. The molecule has 0 unspecified atom stereocenters. The second-order valence-electron chi connectivity index (χ2n) is 4.70. The topological polar surface area (TPSA) is 22.1 Å². The lowest BCUT2D eigenvalue weighted by molar-refractivity contribution is 0.462. The van der Waals surface area contributed by atoms with Gasteiger partial charge in [-0.1, -0.05) is 60.2 Å². The molecule has 0 aliphatic carbocycles. The van der Waals surface area contributed by atoms with Gasteiger partial charge in [-0.25, -0.2) is 4.98 Å². The average molecular weight is 308 g/mol. The second-order valence-corrected chi connectivity index (χ2v) is 5.13. The van der Waals surface area contributed by atoms with E-state index in [1.54, 1.807) is 12.3 Å². The lowest BCUT2D eigenvalue weighted by atomic mass is 10.1. The number of ether oxygens (including phenoxy) is 1. The van der Waals surface area contributed by atoms with Gasteiger partial charge in [0.15, 0.2) is 0 Å². The molecule has 3 rings (SSSR count). The van der Waals surface area contributed by atoms with Gasteiger partial charge < -0.3 is 4.74 Å². The third kappa shape index (κ3) is 3.74. The van der Waals surface area contributed by atoms with Crippen LogP contribution in [0.2, 0.25) is 5.02 Å². The number of nitrogens with zero attached hydrogens (tertiary/aromatic N) is 1. The first kappa shape index (κ1) is 14.4. The summed E-state index contributed by atoms with van der Waals surface area (Å²) >= 11 is 6.08. The molecular formula is C19H14ClNO. The molecule has 2 aromatic carbocycles. The van der Waals surface area contributed by atoms with Gasteiger partial charge in [-0.2, -0.15) is 0 Å². The van der Waals surface area contributed by atoms with Crippen molar-refractivity contribution in [1.29, 1.82) is 0 Å². The quantitative estimate of drug-likeness (QED) is 0.577. The summed E-state index contributed by atoms with van der Waals surface area (Å²) < 4.78 is 5.83. The Balaban J connectivity index is 1.89. The standard InChI is InChI=1S/C19H14ClNO/c20-17-12-11-16(10-9-15-6-2-1-3-7-15)18(14-17)22-19-8-4-5-13-21-19/h1-14H/b10-9+. The van der Waals surface area contributed by atoms with Crippen LogP contribution < -0.4 is 4.74 Å². The normalized spacial score (nSPS) is 10.8. The zero-order valence-corrected chi connectivity index (χ0v) is 12.6. The number of hydrogen-bond acceptors (Lipinski definition) is 2. The molecule has 0 saturated heterocycles. The van der Waals surface area contributed by atoms with Crippen molar-refractivity contribution < 1.29 is 4.74 Å². The fraction of sp³-hybridized carbons (Fsp3) is 0. The molecule has 0 bridgehead atoms. The highest BCUT2D eigenvalue weighted by atomic mass is 35.5. The molecule has 0 spiro atoms. The molecule has 1 heterocycles. The van der Waals surface area contributed by atoms with Crippen LogP contribution in [-0.2, 0) is 0 Å². The molecule has 0 aliphatic rings. The first-order chi connectivity index (χ1) is 10.8. The average Bonchev–Trinajstić information content (AvgIpc) is 2.56. The van der Waals surface area contributed by atoms with Crippen LogP contribution in [0.3, 0.4) is 0 Å². The Morgan fingerprint density at radius 2 is 1.68 bits per heavy atom. The van der Waals surface area contributed by atoms with Crippen molar-refractivity contribution >= 4 is 23.8 Å². The first-order valence-electron chi connectivity index (χ1n) is 6.93. The number of rotatable bonds is 4. The molecule has 1 aromatic heterocycles. The summed E-state index contributed by atoms with van der Waals surface area (Å²) in [5, 5.41) is 0.628. The third-order valence-corrected chi connectivity index (χ3v) is 3.32. The van der Waals surface area contributed by atoms with E-state index < -0.39 is 0 Å². The van der Waals surface area contributed by atoms with Crippen LogP contribution in [0, 0.1) is 0 Å². The Labute approximate surface area is 134 Å². The minimum Gasteiger partial charge on any atom is -0.438 e. The van der Waals surface area contributed by atoms with E-state index in [-0.39, 0.29) is 0 Å². The van der Waals surface area contributed by atoms with Gasteiger partial charge in [0.25, 0.3) is 0 Å². The number of benzene rings is 2. The van der Waals surface area contributed by atoms with Crippen molar-refractivity contribution in [2.75, 3.05) is 0 Å². The molecule has 3 aromatic rings. The second kappa shape index (κ2) is 6.92. The maximum absolute atomic E-state index is 6.08. The maximum atomic E-state index is 6.08. The van der Waals surface area contributed by atoms with Crippen molar-refractivity contribution in [3.05, 3.63) is 89.1 Å². The van der Waals surface area contributed by atoms with E-state index in [4.69, 9.17) is 16.3 Å². The molecule has 0 radical (unpaired) electrons. The van der Waals surface area contributed by atoms with E-state index in [9.17, 15) is 0 Å². The number of hydrogen-bond donors (Lipinski definition) is 0. The molecule has 108 valence electrons. The van der Waals surface area contributed by atoms with E-state index >= 15 is 0 Å². The van der Waals surface area contributed by atoms with Crippen molar-refractivity contribution in [2.45, 2.75) is 0 Å². The molecular weight excluding hydrogens is 294 g/mol. The van der Waals surface area contributed by atoms with Crippen molar-refractivity contribution in [1.82, 2.24) is 4.98 Å². The molecule has 0 aliphatic heterocycles. The Bertz CT molecular complexity index is 770. The van der Waals surface area contributed by atoms with Gasteiger partial charge in [-0.15, -0.1) is 0 Å². The fourth-order valence-corrected chi connectivity index (χ4v) is 2.17. The van der Waals surface area contributed by atoms with Gasteiger partial charge in [0, 0.05) is 28.9 Å². The Hall–Kier alpha value is -2.58. The number of aromatic nitrogens is 1. The van der Waals surface area contributed by atoms with E-state index in [1.165, 1.54) is 0 Å². The predicted molar refractivity (Wildman–Crippen MR) is 91.1 cm³/mol. The maximum Gasteiger partial charge on any atom is 0.219 e. The highest BCUT2D eigenvalue weighted by molar-refractivity contribution is 6.30. The van der Waals surface area contributed by atoms with Crippen LogP contribution in [-0.4, -0.2) is 4.98 Å². The molecule has 0 fully saturated rings. The van der Waals surface area contributed by atoms with Crippen LogP contribution in [0.5, 0.6) is 11.6 Å². The summed E-state index contributed by atoms with van der Waals surface area (Å²) in [5.41, 5.74) is 2.07. The Morgan fingerprint density at radius 1 is 0.864 bits per heavy atom. The largest absolute Gasteiger partial charge is 0.438 e. The summed E-state index contributed by atoms with van der Waals surface area (Å²) in [4.78, 5) is 4.17. The van der Waals surface area contributed by atoms with Crippen LogP contribution in [0.15, 0.2) is 72.9 Å². The SMILES string of the molecule is Clc1ccc(/C=C/c2ccccc2)c(Oc2ccccn2)c1. The zero-order valence-electron chi connectivity index (χ0n) is 11.8. The molecule has 0 N–H and O–H groups in total. The van der Waals surface area contributed by atoms with Crippen molar-refractivity contribution in [3.63, 3.8) is 0 Å². The molecule has 22 heavy (non-hydrogen) atoms. The number of halogens is 1. The fourth-order valence-electron chi connectivity index (χ4n) is 2.00. The summed E-state index contributed by atoms with van der Waals surface area (Å²) in [7, 11) is 0. The monoisotopic (exact) mass is 307 g/mol. The molecule has 3 heteroatoms. The van der Waals surface area contributed by atoms with E-state index in [0.29, 0.717) is 16.7 Å². The first-order valence-corrected chi connectivity index (χ1v) is 7.31. The highest BCUT2D eigenvalue weighted by Crippen LogP contribution is 2.28. The molecule has 2 nitrogen and oxygen atoms in total. The van der Waals surface area contributed by atoms with E-state index in [0.717, 1.165) is 11.1 Å². The smallest absolute Gasteiger partial charge is 0.219 e. The van der Waals surface area contributed by atoms with Gasteiger partial charge in [-0.05, 0) is 23.8 Å². The Morgan fingerprint density at radius 3 is 2.45 bits per heavy atom. The highest BCUT2D eigenvalue weighted by Gasteiger charge is 2.04. The van der Waals surface area contributed by atoms with Gasteiger partial charge in [0.2, 0.25) is 5.88 Å². The van der Waals surface area contributed by atoms with Crippen LogP contribution >= 0.6 is 11.6 Å². The lowest BCUT2D eigenvalue weighted by Crippen LogP contribution is -1.89. The minimum absolute atomic E-state index is 0.541. The zero-order chi connectivity index (χ0) is 15.2. The van der Waals surface area contributed by atoms with Crippen molar-refractivity contribution in [2.24, 2.45) is 0 Å². The van der Waals surface area contributed by atoms with Crippen LogP contribution in [0.1, 0.15) is 11.1 Å². The number of pyridine rings is 1.